The van der Waals surface area contributed by atoms with Crippen LogP contribution in [0.1, 0.15) is 17.0 Å². The molecule has 34 heavy (non-hydrogen) atoms. The van der Waals surface area contributed by atoms with E-state index < -0.39 is 0 Å². The number of hydrogen-bond acceptors (Lipinski definition) is 4. The van der Waals surface area contributed by atoms with Crippen molar-refractivity contribution in [1.29, 1.82) is 0 Å². The largest absolute Gasteiger partial charge is 0.368 e. The van der Waals surface area contributed by atoms with Crippen molar-refractivity contribution >= 4 is 27.8 Å². The molecule has 0 aliphatic heterocycles. The van der Waals surface area contributed by atoms with Gasteiger partial charge < -0.3 is 10.3 Å². The zero-order chi connectivity index (χ0) is 22.7. The molecule has 0 atom stereocenters. The Balaban J connectivity index is 1.40. The van der Waals surface area contributed by atoms with Crippen LogP contribution in [0, 0.1) is 0 Å². The average molecular weight is 442 g/mol. The molecule has 6 aromatic rings. The molecule has 0 radical (unpaired) electrons. The van der Waals surface area contributed by atoms with Gasteiger partial charge in [0.2, 0.25) is 0 Å². The van der Waals surface area contributed by atoms with E-state index in [0.717, 1.165) is 33.3 Å². The molecule has 0 aliphatic carbocycles. The molecule has 3 aromatic heterocycles. The Kier molecular flexibility index (Phi) is 5.20. The standard InChI is InChI=1S/C29H23N5/c1-3-9-20(10-4-1)25(21-11-5-2-6-12-21)19-32-29-24-13-7-8-14-26(24)33-28(34-29)23-17-22-15-16-30-27(22)31-18-23/h1-18,25H,19H2,(H,30,31)(H,32,33,34). The van der Waals surface area contributed by atoms with Gasteiger partial charge in [0.1, 0.15) is 11.5 Å². The van der Waals surface area contributed by atoms with Gasteiger partial charge in [0.05, 0.1) is 5.52 Å². The summed E-state index contributed by atoms with van der Waals surface area (Å²) in [6, 6.07) is 33.4. The fraction of sp³-hybridized carbons (Fsp3) is 0.0690. The summed E-state index contributed by atoms with van der Waals surface area (Å²) < 4.78 is 0. The van der Waals surface area contributed by atoms with Gasteiger partial charge in [-0.1, -0.05) is 72.8 Å². The highest BCUT2D eigenvalue weighted by Crippen LogP contribution is 2.29. The van der Waals surface area contributed by atoms with Gasteiger partial charge in [-0.25, -0.2) is 15.0 Å². The molecule has 6 rings (SSSR count). The van der Waals surface area contributed by atoms with Crippen LogP contribution in [-0.4, -0.2) is 26.5 Å². The quantitative estimate of drug-likeness (QED) is 0.313. The highest BCUT2D eigenvalue weighted by molar-refractivity contribution is 5.91. The first-order valence-electron chi connectivity index (χ1n) is 11.4. The normalized spacial score (nSPS) is 11.3. The number of pyridine rings is 1. The van der Waals surface area contributed by atoms with Crippen LogP contribution >= 0.6 is 0 Å². The molecule has 0 saturated carbocycles. The van der Waals surface area contributed by atoms with Crippen molar-refractivity contribution < 1.29 is 0 Å². The second-order valence-electron chi connectivity index (χ2n) is 8.31. The number of H-pyrrole nitrogens is 1. The SMILES string of the molecule is c1ccc(C(CNc2nc(-c3cnc4[nH]ccc4c3)nc3ccccc23)c2ccccc2)cc1. The third-order valence-electron chi connectivity index (χ3n) is 6.14. The van der Waals surface area contributed by atoms with Gasteiger partial charge in [-0.15, -0.1) is 0 Å². The van der Waals surface area contributed by atoms with Crippen LogP contribution in [0.25, 0.3) is 33.3 Å². The van der Waals surface area contributed by atoms with Crippen molar-refractivity contribution in [2.24, 2.45) is 0 Å². The van der Waals surface area contributed by atoms with E-state index in [0.29, 0.717) is 12.4 Å². The molecule has 0 aliphatic rings. The Morgan fingerprint density at radius 3 is 2.24 bits per heavy atom. The van der Waals surface area contributed by atoms with E-state index in [1.165, 1.54) is 11.1 Å². The van der Waals surface area contributed by atoms with E-state index in [1.807, 2.05) is 36.7 Å². The second-order valence-corrected chi connectivity index (χ2v) is 8.31. The summed E-state index contributed by atoms with van der Waals surface area (Å²) >= 11 is 0. The monoisotopic (exact) mass is 441 g/mol. The lowest BCUT2D eigenvalue weighted by atomic mass is 9.91. The van der Waals surface area contributed by atoms with Crippen molar-refractivity contribution in [1.82, 2.24) is 19.9 Å². The molecule has 0 saturated heterocycles. The predicted octanol–water partition coefficient (Wildman–Crippen LogP) is 6.42. The van der Waals surface area contributed by atoms with Crippen LogP contribution in [-0.2, 0) is 0 Å². The fourth-order valence-corrected chi connectivity index (χ4v) is 4.40. The average Bonchev–Trinajstić information content (AvgIpc) is 3.38. The Labute approximate surface area is 197 Å². The first-order chi connectivity index (χ1) is 16.8. The number of hydrogen-bond donors (Lipinski definition) is 2. The Morgan fingerprint density at radius 1 is 0.765 bits per heavy atom. The van der Waals surface area contributed by atoms with Gasteiger partial charge >= 0.3 is 0 Å². The number of para-hydroxylation sites is 1. The van der Waals surface area contributed by atoms with Gasteiger partial charge in [0.25, 0.3) is 0 Å². The second kappa shape index (κ2) is 8.79. The topological polar surface area (TPSA) is 66.5 Å². The van der Waals surface area contributed by atoms with E-state index in [4.69, 9.17) is 9.97 Å². The summed E-state index contributed by atoms with van der Waals surface area (Å²) in [5, 5.41) is 5.69. The molecule has 3 aromatic carbocycles. The van der Waals surface area contributed by atoms with Gasteiger partial charge in [0, 0.05) is 41.2 Å². The van der Waals surface area contributed by atoms with E-state index in [2.05, 4.69) is 88.1 Å². The van der Waals surface area contributed by atoms with Crippen molar-refractivity contribution in [3.8, 4) is 11.4 Å². The molecule has 3 heterocycles. The molecule has 0 spiro atoms. The lowest BCUT2D eigenvalue weighted by Crippen LogP contribution is -2.15. The summed E-state index contributed by atoms with van der Waals surface area (Å²) in [5.41, 5.74) is 5.18. The highest BCUT2D eigenvalue weighted by atomic mass is 15.0. The number of nitrogens with one attached hydrogen (secondary N) is 2. The van der Waals surface area contributed by atoms with E-state index in [9.17, 15) is 0 Å². The van der Waals surface area contributed by atoms with Crippen LogP contribution in [0.5, 0.6) is 0 Å². The third-order valence-corrected chi connectivity index (χ3v) is 6.14. The molecule has 5 nitrogen and oxygen atoms in total. The summed E-state index contributed by atoms with van der Waals surface area (Å²) in [4.78, 5) is 17.5. The van der Waals surface area contributed by atoms with Gasteiger partial charge in [-0.2, -0.15) is 0 Å². The smallest absolute Gasteiger partial charge is 0.163 e. The Bertz CT molecular complexity index is 1520. The van der Waals surface area contributed by atoms with Gasteiger partial charge in [-0.05, 0) is 35.4 Å². The first kappa shape index (κ1) is 20.1. The number of aromatic amines is 1. The molecular formula is C29H23N5. The van der Waals surface area contributed by atoms with Crippen LogP contribution in [0.15, 0.2) is 109 Å². The summed E-state index contributed by atoms with van der Waals surface area (Å²) in [7, 11) is 0. The lowest BCUT2D eigenvalue weighted by molar-refractivity contribution is 0.849. The highest BCUT2D eigenvalue weighted by Gasteiger charge is 2.16. The maximum atomic E-state index is 4.95. The maximum Gasteiger partial charge on any atom is 0.163 e. The minimum absolute atomic E-state index is 0.192. The molecule has 2 N–H and O–H groups in total. The number of nitrogens with zero attached hydrogens (tertiary/aromatic N) is 3. The fourth-order valence-electron chi connectivity index (χ4n) is 4.40. The van der Waals surface area contributed by atoms with Gasteiger partial charge in [-0.3, -0.25) is 0 Å². The van der Waals surface area contributed by atoms with Crippen molar-refractivity contribution in [3.63, 3.8) is 0 Å². The maximum absolute atomic E-state index is 4.95. The summed E-state index contributed by atoms with van der Waals surface area (Å²) in [6.07, 6.45) is 3.71. The zero-order valence-electron chi connectivity index (χ0n) is 18.5. The van der Waals surface area contributed by atoms with E-state index >= 15 is 0 Å². The predicted molar refractivity (Wildman–Crippen MR) is 138 cm³/mol. The molecule has 0 amide bonds. The van der Waals surface area contributed by atoms with Crippen LogP contribution in [0.4, 0.5) is 5.82 Å². The molecule has 0 bridgehead atoms. The number of anilines is 1. The van der Waals surface area contributed by atoms with Crippen molar-refractivity contribution in [2.75, 3.05) is 11.9 Å². The molecule has 0 unspecified atom stereocenters. The molecular weight excluding hydrogens is 418 g/mol. The zero-order valence-corrected chi connectivity index (χ0v) is 18.5. The van der Waals surface area contributed by atoms with Crippen LogP contribution in [0.2, 0.25) is 0 Å². The minimum Gasteiger partial charge on any atom is -0.368 e. The lowest BCUT2D eigenvalue weighted by Gasteiger charge is -2.20. The molecule has 0 fully saturated rings. The number of aromatic nitrogens is 4. The van der Waals surface area contributed by atoms with Crippen molar-refractivity contribution in [3.05, 3.63) is 121 Å². The van der Waals surface area contributed by atoms with Gasteiger partial charge in [0.15, 0.2) is 5.82 Å². The minimum atomic E-state index is 0.192. The van der Waals surface area contributed by atoms with Crippen molar-refractivity contribution in [2.45, 2.75) is 5.92 Å². The van der Waals surface area contributed by atoms with Crippen LogP contribution in [0.3, 0.4) is 0 Å². The summed E-state index contributed by atoms with van der Waals surface area (Å²) in [5.74, 6) is 1.68. The molecule has 164 valence electrons. The Hall–Kier alpha value is -4.51. The first-order valence-corrected chi connectivity index (χ1v) is 11.4. The molecule has 5 heteroatoms. The van der Waals surface area contributed by atoms with E-state index in [1.54, 1.807) is 0 Å². The number of rotatable bonds is 6. The number of benzene rings is 3. The van der Waals surface area contributed by atoms with Crippen LogP contribution < -0.4 is 5.32 Å². The van der Waals surface area contributed by atoms with E-state index in [-0.39, 0.29) is 5.92 Å². The Morgan fingerprint density at radius 2 is 1.47 bits per heavy atom. The third kappa shape index (κ3) is 3.88. The summed E-state index contributed by atoms with van der Waals surface area (Å²) in [6.45, 7) is 0.712. The number of fused-ring (bicyclic) bond motifs is 2.